The van der Waals surface area contributed by atoms with E-state index in [9.17, 15) is 5.11 Å². The molecular weight excluding hydrogens is 487 g/mol. The fraction of sp³-hybridized carbons (Fsp3) is 0.400. The maximum atomic E-state index is 16.1. The van der Waals surface area contributed by atoms with Crippen molar-refractivity contribution < 1.29 is 9.50 Å². The number of rotatable bonds is 4. The van der Waals surface area contributed by atoms with Crippen LogP contribution in [0.3, 0.4) is 0 Å². The molecule has 2 aromatic heterocycles. The first-order valence-corrected chi connectivity index (χ1v) is 13.6. The average Bonchev–Trinajstić information content (AvgIpc) is 3.50. The maximum Gasteiger partial charge on any atom is 0.158 e. The molecule has 37 heavy (non-hydrogen) atoms. The summed E-state index contributed by atoms with van der Waals surface area (Å²) >= 11 is 6.47. The summed E-state index contributed by atoms with van der Waals surface area (Å²) in [4.78, 5) is 7.16. The molecule has 1 aliphatic heterocycles. The molecule has 7 heteroatoms. The predicted molar refractivity (Wildman–Crippen MR) is 146 cm³/mol. The van der Waals surface area contributed by atoms with Crippen LogP contribution in [0.5, 0.6) is 0 Å². The Kier molecular flexibility index (Phi) is 6.30. The number of hydrogen-bond donors (Lipinski definition) is 2. The number of H-pyrrole nitrogens is 1. The minimum absolute atomic E-state index is 0.340. The minimum Gasteiger partial charge on any atom is -0.386 e. The molecule has 0 bridgehead atoms. The smallest absolute Gasteiger partial charge is 0.158 e. The van der Waals surface area contributed by atoms with E-state index in [-0.39, 0.29) is 5.82 Å². The van der Waals surface area contributed by atoms with Gasteiger partial charge in [-0.1, -0.05) is 54.8 Å². The lowest BCUT2D eigenvalue weighted by molar-refractivity contribution is 0.0787. The summed E-state index contributed by atoms with van der Waals surface area (Å²) in [5.41, 5.74) is 5.00. The number of aromatic amines is 1. The molecule has 1 aliphatic carbocycles. The summed E-state index contributed by atoms with van der Waals surface area (Å²) in [7, 11) is 0. The Morgan fingerprint density at radius 3 is 2.49 bits per heavy atom. The second kappa shape index (κ2) is 9.50. The van der Waals surface area contributed by atoms with E-state index in [1.54, 1.807) is 38.2 Å². The number of benzene rings is 2. The topological polar surface area (TPSA) is 65.0 Å². The number of fused-ring (bicyclic) bond motifs is 2. The number of aromatic nitrogens is 3. The summed E-state index contributed by atoms with van der Waals surface area (Å²) < 4.78 is 16.1. The zero-order valence-corrected chi connectivity index (χ0v) is 22.1. The second-order valence-electron chi connectivity index (χ2n) is 11.0. The van der Waals surface area contributed by atoms with Crippen molar-refractivity contribution in [3.05, 3.63) is 70.1 Å². The van der Waals surface area contributed by atoms with Crippen molar-refractivity contribution in [1.82, 2.24) is 20.1 Å². The highest BCUT2D eigenvalue weighted by atomic mass is 35.5. The third-order valence-corrected chi connectivity index (χ3v) is 8.44. The predicted octanol–water partition coefficient (Wildman–Crippen LogP) is 6.66. The first-order chi connectivity index (χ1) is 17.8. The van der Waals surface area contributed by atoms with Crippen LogP contribution in [0.1, 0.15) is 56.2 Å². The molecule has 0 saturated heterocycles. The highest BCUT2D eigenvalue weighted by Gasteiger charge is 2.26. The van der Waals surface area contributed by atoms with Crippen molar-refractivity contribution in [1.29, 1.82) is 0 Å². The third-order valence-electron chi connectivity index (χ3n) is 8.12. The summed E-state index contributed by atoms with van der Waals surface area (Å²) in [6.45, 7) is 5.53. The molecule has 2 aromatic carbocycles. The number of nitrogens with one attached hydrogen (secondary N) is 1. The number of aliphatic hydroxyl groups is 1. The summed E-state index contributed by atoms with van der Waals surface area (Å²) in [6, 6.07) is 12.3. The van der Waals surface area contributed by atoms with E-state index in [0.717, 1.165) is 37.5 Å². The van der Waals surface area contributed by atoms with Crippen molar-refractivity contribution >= 4 is 22.6 Å². The zero-order valence-electron chi connectivity index (χ0n) is 21.3. The fourth-order valence-corrected chi connectivity index (χ4v) is 6.48. The van der Waals surface area contributed by atoms with Crippen LogP contribution in [-0.2, 0) is 18.4 Å². The molecule has 0 radical (unpaired) electrons. The van der Waals surface area contributed by atoms with Gasteiger partial charge in [0.2, 0.25) is 0 Å². The lowest BCUT2D eigenvalue weighted by Gasteiger charge is -2.26. The average molecular weight is 519 g/mol. The highest BCUT2D eigenvalue weighted by Crippen LogP contribution is 2.37. The zero-order chi connectivity index (χ0) is 25.7. The van der Waals surface area contributed by atoms with Gasteiger partial charge in [-0.2, -0.15) is 5.10 Å². The van der Waals surface area contributed by atoms with Crippen molar-refractivity contribution in [3.8, 4) is 22.4 Å². The Hall–Kier alpha value is -2.80. The van der Waals surface area contributed by atoms with Crippen molar-refractivity contribution in [2.45, 2.75) is 64.0 Å². The molecule has 192 valence electrons. The molecule has 2 N–H and O–H groups in total. The molecule has 2 aliphatic rings. The molecule has 0 spiro atoms. The van der Waals surface area contributed by atoms with Crippen LogP contribution in [0, 0.1) is 5.82 Å². The van der Waals surface area contributed by atoms with E-state index < -0.39 is 5.60 Å². The number of nitrogens with zero attached hydrogens (tertiary/aromatic N) is 3. The lowest BCUT2D eigenvalue weighted by atomic mass is 9.95. The summed E-state index contributed by atoms with van der Waals surface area (Å²) in [5.74, 6) is -0.349. The molecular formula is C30H32ClFN4O. The van der Waals surface area contributed by atoms with E-state index in [4.69, 9.17) is 11.6 Å². The van der Waals surface area contributed by atoms with Gasteiger partial charge in [0, 0.05) is 47.0 Å². The largest absolute Gasteiger partial charge is 0.386 e. The highest BCUT2D eigenvalue weighted by molar-refractivity contribution is 6.31. The van der Waals surface area contributed by atoms with E-state index in [0.29, 0.717) is 38.4 Å². The van der Waals surface area contributed by atoms with Gasteiger partial charge in [0.15, 0.2) is 5.65 Å². The van der Waals surface area contributed by atoms with Gasteiger partial charge in [-0.15, -0.1) is 0 Å². The van der Waals surface area contributed by atoms with E-state index in [2.05, 4.69) is 32.2 Å². The van der Waals surface area contributed by atoms with Crippen LogP contribution in [0.2, 0.25) is 5.02 Å². The summed E-state index contributed by atoms with van der Waals surface area (Å²) in [6.07, 6.45) is 8.94. The Morgan fingerprint density at radius 2 is 1.76 bits per heavy atom. The molecule has 6 rings (SSSR count). The van der Waals surface area contributed by atoms with E-state index in [1.165, 1.54) is 36.8 Å². The monoisotopic (exact) mass is 518 g/mol. The molecule has 0 atom stereocenters. The van der Waals surface area contributed by atoms with Crippen LogP contribution in [0.4, 0.5) is 4.39 Å². The van der Waals surface area contributed by atoms with Crippen LogP contribution in [0.25, 0.3) is 33.4 Å². The Morgan fingerprint density at radius 1 is 1.03 bits per heavy atom. The van der Waals surface area contributed by atoms with Crippen molar-refractivity contribution in [2.75, 3.05) is 13.1 Å². The first-order valence-electron chi connectivity index (χ1n) is 13.2. The SMILES string of the molecule is CC(C)(O)c1ccc(-c2n[nH]c3ncc(-c4ccc5c(c4)CCN(C4CCCC4)CC5)c(F)c23)cc1Cl. The van der Waals surface area contributed by atoms with Gasteiger partial charge in [-0.05, 0) is 62.3 Å². The maximum absolute atomic E-state index is 16.1. The van der Waals surface area contributed by atoms with Gasteiger partial charge in [0.25, 0.3) is 0 Å². The fourth-order valence-electron chi connectivity index (χ4n) is 6.07. The molecule has 5 nitrogen and oxygen atoms in total. The molecule has 0 unspecified atom stereocenters. The van der Waals surface area contributed by atoms with Crippen molar-refractivity contribution in [3.63, 3.8) is 0 Å². The quantitative estimate of drug-likeness (QED) is 0.317. The lowest BCUT2D eigenvalue weighted by Crippen LogP contribution is -2.35. The molecule has 3 heterocycles. The first kappa shape index (κ1) is 24.5. The van der Waals surface area contributed by atoms with Crippen molar-refractivity contribution in [2.24, 2.45) is 0 Å². The standard InChI is InChI=1S/C30H32ClFN4O/c1-30(2,37)24-10-9-21(16-25(24)31)28-26-27(32)23(17-33-29(26)35-34-28)20-8-7-18-11-13-36(14-12-19(18)15-20)22-5-3-4-6-22/h7-10,15-17,22,37H,3-6,11-14H2,1-2H3,(H,33,34,35). The molecule has 4 aromatic rings. The van der Waals surface area contributed by atoms with Gasteiger partial charge in [0.05, 0.1) is 11.0 Å². The van der Waals surface area contributed by atoms with Crippen LogP contribution in [0.15, 0.2) is 42.6 Å². The Labute approximate surface area is 221 Å². The summed E-state index contributed by atoms with van der Waals surface area (Å²) in [5, 5.41) is 18.3. The number of halogens is 2. The molecule has 1 fully saturated rings. The Bertz CT molecular complexity index is 1470. The van der Waals surface area contributed by atoms with Gasteiger partial charge < -0.3 is 5.11 Å². The Balaban J connectivity index is 1.35. The van der Waals surface area contributed by atoms with Gasteiger partial charge >= 0.3 is 0 Å². The normalized spacial score (nSPS) is 17.3. The minimum atomic E-state index is -1.08. The van der Waals surface area contributed by atoms with Gasteiger partial charge in [-0.25, -0.2) is 9.37 Å². The van der Waals surface area contributed by atoms with E-state index in [1.807, 2.05) is 6.07 Å². The third kappa shape index (κ3) is 4.56. The van der Waals surface area contributed by atoms with Crippen LogP contribution in [-0.4, -0.2) is 44.3 Å². The second-order valence-corrected chi connectivity index (χ2v) is 11.4. The van der Waals surface area contributed by atoms with Gasteiger partial charge in [0.1, 0.15) is 11.5 Å². The molecule has 1 saturated carbocycles. The van der Waals surface area contributed by atoms with E-state index >= 15 is 4.39 Å². The number of hydrogen-bond acceptors (Lipinski definition) is 4. The van der Waals surface area contributed by atoms with Gasteiger partial charge in [-0.3, -0.25) is 10.00 Å². The van der Waals surface area contributed by atoms with Crippen LogP contribution >= 0.6 is 11.6 Å². The molecule has 0 amide bonds. The number of pyridine rings is 1. The van der Waals surface area contributed by atoms with Crippen LogP contribution < -0.4 is 0 Å².